The molecule has 0 aliphatic rings. The number of rotatable bonds is 4. The van der Waals surface area contributed by atoms with Gasteiger partial charge in [0.1, 0.15) is 0 Å². The summed E-state index contributed by atoms with van der Waals surface area (Å²) in [6, 6.07) is 9.75. The Balaban J connectivity index is 2.43. The zero-order valence-corrected chi connectivity index (χ0v) is 11.5. The SMILES string of the molecule is CCNC(c1cccc(Cl)c1)c1ccncc1Cl. The van der Waals surface area contributed by atoms with E-state index in [1.807, 2.05) is 30.3 Å². The van der Waals surface area contributed by atoms with Crippen LogP contribution >= 0.6 is 23.2 Å². The summed E-state index contributed by atoms with van der Waals surface area (Å²) < 4.78 is 0. The van der Waals surface area contributed by atoms with Gasteiger partial charge in [-0.2, -0.15) is 0 Å². The van der Waals surface area contributed by atoms with Gasteiger partial charge in [-0.15, -0.1) is 0 Å². The number of aromatic nitrogens is 1. The van der Waals surface area contributed by atoms with Gasteiger partial charge in [0.05, 0.1) is 11.1 Å². The fourth-order valence-electron chi connectivity index (χ4n) is 1.92. The van der Waals surface area contributed by atoms with Crippen LogP contribution in [0, 0.1) is 0 Å². The lowest BCUT2D eigenvalue weighted by molar-refractivity contribution is 0.630. The number of halogens is 2. The highest BCUT2D eigenvalue weighted by molar-refractivity contribution is 6.31. The molecule has 0 aliphatic heterocycles. The molecule has 1 heterocycles. The molecular weight excluding hydrogens is 267 g/mol. The molecule has 1 aromatic carbocycles. The van der Waals surface area contributed by atoms with Crippen molar-refractivity contribution in [2.75, 3.05) is 6.54 Å². The van der Waals surface area contributed by atoms with Crippen LogP contribution in [-0.4, -0.2) is 11.5 Å². The van der Waals surface area contributed by atoms with E-state index in [1.54, 1.807) is 12.4 Å². The highest BCUT2D eigenvalue weighted by Crippen LogP contribution is 2.28. The summed E-state index contributed by atoms with van der Waals surface area (Å²) >= 11 is 12.3. The maximum Gasteiger partial charge on any atom is 0.0640 e. The van der Waals surface area contributed by atoms with Gasteiger partial charge in [0.2, 0.25) is 0 Å². The number of pyridine rings is 1. The van der Waals surface area contributed by atoms with Crippen molar-refractivity contribution in [3.8, 4) is 0 Å². The number of hydrogen-bond acceptors (Lipinski definition) is 2. The van der Waals surface area contributed by atoms with Crippen molar-refractivity contribution in [2.45, 2.75) is 13.0 Å². The van der Waals surface area contributed by atoms with Gasteiger partial charge in [-0.3, -0.25) is 4.98 Å². The molecule has 2 nitrogen and oxygen atoms in total. The van der Waals surface area contributed by atoms with Crippen LogP contribution in [0.15, 0.2) is 42.7 Å². The van der Waals surface area contributed by atoms with Crippen LogP contribution in [0.2, 0.25) is 10.0 Å². The molecule has 18 heavy (non-hydrogen) atoms. The molecule has 1 aromatic heterocycles. The van der Waals surface area contributed by atoms with E-state index in [1.165, 1.54) is 0 Å². The molecule has 0 amide bonds. The summed E-state index contributed by atoms with van der Waals surface area (Å²) in [6.45, 7) is 2.91. The smallest absolute Gasteiger partial charge is 0.0640 e. The van der Waals surface area contributed by atoms with Gasteiger partial charge < -0.3 is 5.32 Å². The Morgan fingerprint density at radius 2 is 2.11 bits per heavy atom. The third-order valence-electron chi connectivity index (χ3n) is 2.71. The van der Waals surface area contributed by atoms with Gasteiger partial charge in [-0.25, -0.2) is 0 Å². The van der Waals surface area contributed by atoms with E-state index in [9.17, 15) is 0 Å². The molecule has 94 valence electrons. The first-order valence-electron chi connectivity index (χ1n) is 5.80. The summed E-state index contributed by atoms with van der Waals surface area (Å²) in [4.78, 5) is 4.01. The van der Waals surface area contributed by atoms with Crippen LogP contribution in [0.3, 0.4) is 0 Å². The van der Waals surface area contributed by atoms with Gasteiger partial charge in [0.15, 0.2) is 0 Å². The number of nitrogens with zero attached hydrogens (tertiary/aromatic N) is 1. The maximum absolute atomic E-state index is 6.21. The molecule has 2 aromatic rings. The van der Waals surface area contributed by atoms with Crippen molar-refractivity contribution in [1.82, 2.24) is 10.3 Å². The Hall–Kier alpha value is -1.09. The fourth-order valence-corrected chi connectivity index (χ4v) is 2.34. The highest BCUT2D eigenvalue weighted by Gasteiger charge is 2.16. The minimum atomic E-state index is 0.0317. The highest BCUT2D eigenvalue weighted by atomic mass is 35.5. The summed E-state index contributed by atoms with van der Waals surface area (Å²) in [5, 5.41) is 4.79. The first kappa shape index (κ1) is 13.3. The Bertz CT molecular complexity index is 529. The molecule has 0 radical (unpaired) electrons. The molecule has 4 heteroatoms. The van der Waals surface area contributed by atoms with Gasteiger partial charge in [0, 0.05) is 17.4 Å². The zero-order chi connectivity index (χ0) is 13.0. The molecule has 0 spiro atoms. The second-order valence-electron chi connectivity index (χ2n) is 3.94. The zero-order valence-electron chi connectivity index (χ0n) is 10.0. The first-order chi connectivity index (χ1) is 8.72. The largest absolute Gasteiger partial charge is 0.306 e. The quantitative estimate of drug-likeness (QED) is 0.913. The lowest BCUT2D eigenvalue weighted by atomic mass is 9.99. The van der Waals surface area contributed by atoms with Crippen molar-refractivity contribution < 1.29 is 0 Å². The minimum Gasteiger partial charge on any atom is -0.306 e. The average molecular weight is 281 g/mol. The number of hydrogen-bond donors (Lipinski definition) is 1. The van der Waals surface area contributed by atoms with Crippen molar-refractivity contribution in [3.63, 3.8) is 0 Å². The van der Waals surface area contributed by atoms with Gasteiger partial charge >= 0.3 is 0 Å². The Morgan fingerprint density at radius 3 is 2.78 bits per heavy atom. The van der Waals surface area contributed by atoms with Gasteiger partial charge in [0.25, 0.3) is 0 Å². The molecule has 2 rings (SSSR count). The number of benzene rings is 1. The predicted octanol–water partition coefficient (Wildman–Crippen LogP) is 4.09. The van der Waals surface area contributed by atoms with E-state index >= 15 is 0 Å². The first-order valence-corrected chi connectivity index (χ1v) is 6.56. The standard InChI is InChI=1S/C14H14Cl2N2/c1-2-18-14(10-4-3-5-11(15)8-10)12-6-7-17-9-13(12)16/h3-9,14,18H,2H2,1H3. The van der Waals surface area contributed by atoms with Crippen LogP contribution in [-0.2, 0) is 0 Å². The fraction of sp³-hybridized carbons (Fsp3) is 0.214. The topological polar surface area (TPSA) is 24.9 Å². The van der Waals surface area contributed by atoms with E-state index in [-0.39, 0.29) is 6.04 Å². The molecule has 0 saturated heterocycles. The summed E-state index contributed by atoms with van der Waals surface area (Å²) in [6.07, 6.45) is 3.40. The van der Waals surface area contributed by atoms with E-state index in [2.05, 4.69) is 17.2 Å². The lowest BCUT2D eigenvalue weighted by Gasteiger charge is -2.20. The lowest BCUT2D eigenvalue weighted by Crippen LogP contribution is -2.22. The minimum absolute atomic E-state index is 0.0317. The van der Waals surface area contributed by atoms with E-state index < -0.39 is 0 Å². The Labute approximate surface area is 117 Å². The van der Waals surface area contributed by atoms with Crippen LogP contribution in [0.1, 0.15) is 24.1 Å². The van der Waals surface area contributed by atoms with E-state index in [0.717, 1.165) is 22.7 Å². The van der Waals surface area contributed by atoms with Crippen LogP contribution in [0.4, 0.5) is 0 Å². The molecule has 1 N–H and O–H groups in total. The number of nitrogens with one attached hydrogen (secondary N) is 1. The molecule has 0 aliphatic carbocycles. The second kappa shape index (κ2) is 6.19. The summed E-state index contributed by atoms with van der Waals surface area (Å²) in [5.74, 6) is 0. The molecule has 0 fully saturated rings. The van der Waals surface area contributed by atoms with Crippen molar-refractivity contribution in [1.29, 1.82) is 0 Å². The predicted molar refractivity (Wildman–Crippen MR) is 76.2 cm³/mol. The average Bonchev–Trinajstić information content (AvgIpc) is 2.37. The van der Waals surface area contributed by atoms with E-state index in [0.29, 0.717) is 5.02 Å². The maximum atomic E-state index is 6.21. The van der Waals surface area contributed by atoms with Gasteiger partial charge in [-0.05, 0) is 35.9 Å². The third-order valence-corrected chi connectivity index (χ3v) is 3.26. The Kier molecular flexibility index (Phi) is 4.59. The summed E-state index contributed by atoms with van der Waals surface area (Å²) in [5.41, 5.74) is 2.10. The molecule has 0 saturated carbocycles. The van der Waals surface area contributed by atoms with Crippen molar-refractivity contribution >= 4 is 23.2 Å². The Morgan fingerprint density at radius 1 is 1.28 bits per heavy atom. The van der Waals surface area contributed by atoms with Crippen LogP contribution < -0.4 is 5.32 Å². The monoisotopic (exact) mass is 280 g/mol. The van der Waals surface area contributed by atoms with Crippen molar-refractivity contribution in [3.05, 3.63) is 63.9 Å². The second-order valence-corrected chi connectivity index (χ2v) is 4.79. The molecular formula is C14H14Cl2N2. The van der Waals surface area contributed by atoms with Crippen LogP contribution in [0.5, 0.6) is 0 Å². The van der Waals surface area contributed by atoms with Gasteiger partial charge in [-0.1, -0.05) is 42.3 Å². The summed E-state index contributed by atoms with van der Waals surface area (Å²) in [7, 11) is 0. The molecule has 1 unspecified atom stereocenters. The van der Waals surface area contributed by atoms with E-state index in [4.69, 9.17) is 23.2 Å². The molecule has 0 bridgehead atoms. The normalized spacial score (nSPS) is 12.4. The van der Waals surface area contributed by atoms with Crippen molar-refractivity contribution in [2.24, 2.45) is 0 Å². The van der Waals surface area contributed by atoms with Crippen LogP contribution in [0.25, 0.3) is 0 Å². The molecule has 1 atom stereocenters. The third kappa shape index (κ3) is 3.02.